The Balaban J connectivity index is 1.43. The van der Waals surface area contributed by atoms with Gasteiger partial charge in [0, 0.05) is 38.3 Å². The summed E-state index contributed by atoms with van der Waals surface area (Å²) in [7, 11) is -4.27. The molecule has 6 rings (SSSR count). The largest absolute Gasteiger partial charge is 0.490 e. The maximum atomic E-state index is 13.9. The van der Waals surface area contributed by atoms with E-state index in [1.54, 1.807) is 60.7 Å². The maximum Gasteiger partial charge on any atom is 0.430 e. The van der Waals surface area contributed by atoms with Crippen LogP contribution in [0, 0.1) is 0 Å². The van der Waals surface area contributed by atoms with E-state index in [9.17, 15) is 39.9 Å². The van der Waals surface area contributed by atoms with Gasteiger partial charge < -0.3 is 14.6 Å². The number of aliphatic hydroxyl groups is 1. The number of alkyl halides is 6. The summed E-state index contributed by atoms with van der Waals surface area (Å²) in [5, 5.41) is 10.7. The number of benzene rings is 3. The molecule has 0 saturated carbocycles. The molecule has 0 saturated heterocycles. The van der Waals surface area contributed by atoms with Gasteiger partial charge in [-0.2, -0.15) is 31.1 Å². The fourth-order valence-electron chi connectivity index (χ4n) is 5.29. The predicted octanol–water partition coefficient (Wildman–Crippen LogP) is 8.13. The van der Waals surface area contributed by atoms with E-state index in [-0.39, 0.29) is 35.1 Å². The Morgan fingerprint density at radius 3 is 2.31 bits per heavy atom. The fourth-order valence-corrected chi connectivity index (χ4v) is 8.24. The van der Waals surface area contributed by atoms with E-state index in [1.165, 1.54) is 12.1 Å². The molecule has 0 spiro atoms. The number of thiophene rings is 1. The molecule has 252 valence electrons. The zero-order valence-electron chi connectivity index (χ0n) is 24.2. The van der Waals surface area contributed by atoms with Crippen LogP contribution in [0.1, 0.15) is 28.5 Å². The van der Waals surface area contributed by atoms with E-state index in [2.05, 4.69) is 9.71 Å². The lowest BCUT2D eigenvalue weighted by Gasteiger charge is -2.32. The molecule has 1 aliphatic rings. The molecule has 0 aliphatic carbocycles. The van der Waals surface area contributed by atoms with Gasteiger partial charge in [-0.15, -0.1) is 11.3 Å². The minimum Gasteiger partial charge on any atom is -0.490 e. The van der Waals surface area contributed by atoms with E-state index < -0.39 is 45.0 Å². The van der Waals surface area contributed by atoms with Gasteiger partial charge in [-0.05, 0) is 47.3 Å². The summed E-state index contributed by atoms with van der Waals surface area (Å²) < 4.78 is 124. The summed E-state index contributed by atoms with van der Waals surface area (Å²) in [6.45, 7) is 0.0511. The molecule has 5 aromatic rings. The van der Waals surface area contributed by atoms with Gasteiger partial charge in [-0.3, -0.25) is 4.98 Å². The van der Waals surface area contributed by atoms with Crippen molar-refractivity contribution in [3.63, 3.8) is 0 Å². The first-order chi connectivity index (χ1) is 22.6. The van der Waals surface area contributed by atoms with Crippen molar-refractivity contribution in [1.82, 2.24) is 9.71 Å². The molecule has 0 radical (unpaired) electrons. The van der Waals surface area contributed by atoms with Crippen LogP contribution in [0.3, 0.4) is 0 Å². The van der Waals surface area contributed by atoms with Crippen LogP contribution >= 0.6 is 22.9 Å². The number of nitrogens with zero attached hydrogens (tertiary/aromatic N) is 1. The summed E-state index contributed by atoms with van der Waals surface area (Å²) in [6, 6.07) is 19.3. The Labute approximate surface area is 278 Å². The Kier molecular flexibility index (Phi) is 8.87. The molecule has 1 unspecified atom stereocenters. The number of nitrogens with one attached hydrogen (secondary N) is 1. The summed E-state index contributed by atoms with van der Waals surface area (Å²) >= 11 is 7.57. The van der Waals surface area contributed by atoms with Gasteiger partial charge in [0.05, 0.1) is 18.3 Å². The lowest BCUT2D eigenvalue weighted by atomic mass is 9.91. The lowest BCUT2D eigenvalue weighted by Crippen LogP contribution is -2.53. The summed E-state index contributed by atoms with van der Waals surface area (Å²) in [5.74, 6) is 0.625. The average Bonchev–Trinajstić information content (AvgIpc) is 3.34. The highest BCUT2D eigenvalue weighted by Gasteiger charge is 2.71. The average molecular weight is 729 g/mol. The van der Waals surface area contributed by atoms with Gasteiger partial charge in [0.15, 0.2) is 11.5 Å². The van der Waals surface area contributed by atoms with Crippen LogP contribution < -0.4 is 14.2 Å². The van der Waals surface area contributed by atoms with Crippen LogP contribution in [0.5, 0.6) is 11.5 Å². The Morgan fingerprint density at radius 1 is 0.917 bits per heavy atom. The van der Waals surface area contributed by atoms with Gasteiger partial charge in [-0.25, -0.2) is 8.42 Å². The highest BCUT2D eigenvalue weighted by Crippen LogP contribution is 2.50. The molecular formula is C32H23ClF6N2O5S2. The molecule has 2 aromatic heterocycles. The maximum absolute atomic E-state index is 13.9. The molecule has 16 heteroatoms. The van der Waals surface area contributed by atoms with Gasteiger partial charge in [0.2, 0.25) is 5.44 Å². The Bertz CT molecular complexity index is 2070. The van der Waals surface area contributed by atoms with Crippen molar-refractivity contribution in [3.8, 4) is 22.8 Å². The second-order valence-corrected chi connectivity index (χ2v) is 14.1. The summed E-state index contributed by atoms with van der Waals surface area (Å²) in [4.78, 5) is 4.41. The highest BCUT2D eigenvalue weighted by atomic mass is 35.5. The summed E-state index contributed by atoms with van der Waals surface area (Å²) in [6.07, 6.45) is -11.4. The SMILES string of the molecule is O=S(=O)(N[C@@H](c1cc2cccc(-c3cc(C(O)(C(F)(F)F)C(F)(F)F)ccn3)c2s1)c1ccccc1Cl)C1CCOc2ccccc2O1. The molecule has 48 heavy (non-hydrogen) atoms. The van der Waals surface area contributed by atoms with E-state index in [1.807, 2.05) is 0 Å². The second kappa shape index (κ2) is 12.5. The fraction of sp³-hybridized carbons (Fsp3) is 0.219. The van der Waals surface area contributed by atoms with Gasteiger partial charge in [0.25, 0.3) is 15.6 Å². The van der Waals surface area contributed by atoms with Gasteiger partial charge in [0.1, 0.15) is 0 Å². The third kappa shape index (κ3) is 6.20. The Morgan fingerprint density at radius 2 is 1.60 bits per heavy atom. The monoisotopic (exact) mass is 728 g/mol. The minimum absolute atomic E-state index is 0.0139. The number of ether oxygens (including phenoxy) is 2. The standard InChI is InChI=1S/C32H23ClF6N2O5S2/c33-22-9-2-1-7-20(22)28(41-48(43,44)27-13-15-45-24-10-3-4-11-25(24)46-27)26-16-18-6-5-8-21(29(18)47-26)23-17-19(12-14-40-23)30(42,31(34,35)36)32(37,38)39/h1-12,14,16-17,27-28,41-42H,13,15H2/t27?,28-/m1/s1. The molecule has 3 aromatic carbocycles. The van der Waals surface area contributed by atoms with Crippen molar-refractivity contribution in [3.05, 3.63) is 112 Å². The molecular weight excluding hydrogens is 706 g/mol. The number of aromatic nitrogens is 1. The van der Waals surface area contributed by atoms with Crippen LogP contribution in [0.2, 0.25) is 5.02 Å². The smallest absolute Gasteiger partial charge is 0.430 e. The number of hydrogen-bond acceptors (Lipinski definition) is 7. The normalized spacial score (nSPS) is 16.5. The minimum atomic E-state index is -6.08. The van der Waals surface area contributed by atoms with Crippen LogP contribution in [0.15, 0.2) is 91.1 Å². The zero-order valence-corrected chi connectivity index (χ0v) is 26.6. The topological polar surface area (TPSA) is 97.8 Å². The predicted molar refractivity (Wildman–Crippen MR) is 167 cm³/mol. The van der Waals surface area contributed by atoms with Crippen molar-refractivity contribution >= 4 is 43.0 Å². The second-order valence-electron chi connectivity index (χ2n) is 10.8. The van der Waals surface area contributed by atoms with Crippen LogP contribution in [-0.2, 0) is 15.6 Å². The van der Waals surface area contributed by atoms with Crippen molar-refractivity contribution in [2.24, 2.45) is 0 Å². The van der Waals surface area contributed by atoms with E-state index in [0.29, 0.717) is 38.4 Å². The molecule has 0 amide bonds. The third-order valence-corrected chi connectivity index (χ3v) is 10.9. The van der Waals surface area contributed by atoms with Crippen molar-refractivity contribution < 1.29 is 49.3 Å². The molecule has 2 N–H and O–H groups in total. The summed E-state index contributed by atoms with van der Waals surface area (Å²) in [5.41, 5.74) is -7.72. The molecule has 3 heterocycles. The van der Waals surface area contributed by atoms with Crippen LogP contribution in [0.25, 0.3) is 21.3 Å². The van der Waals surface area contributed by atoms with Crippen molar-refractivity contribution in [2.45, 2.75) is 35.9 Å². The number of sulfonamides is 1. The zero-order chi connectivity index (χ0) is 34.5. The number of rotatable bonds is 7. The number of para-hydroxylation sites is 2. The third-order valence-electron chi connectivity index (χ3n) is 7.68. The Hall–Kier alpha value is -3.89. The first kappa shape index (κ1) is 34.0. The van der Waals surface area contributed by atoms with Crippen LogP contribution in [-0.4, -0.2) is 42.9 Å². The molecule has 0 fully saturated rings. The van der Waals surface area contributed by atoms with Gasteiger partial charge >= 0.3 is 12.4 Å². The first-order valence-electron chi connectivity index (χ1n) is 14.1. The van der Waals surface area contributed by atoms with E-state index >= 15 is 0 Å². The van der Waals surface area contributed by atoms with E-state index in [0.717, 1.165) is 17.5 Å². The number of pyridine rings is 1. The lowest BCUT2D eigenvalue weighted by molar-refractivity contribution is -0.376. The first-order valence-corrected chi connectivity index (χ1v) is 16.8. The van der Waals surface area contributed by atoms with Gasteiger partial charge in [-0.1, -0.05) is 60.1 Å². The van der Waals surface area contributed by atoms with Crippen LogP contribution in [0.4, 0.5) is 26.3 Å². The highest BCUT2D eigenvalue weighted by molar-refractivity contribution is 7.90. The van der Waals surface area contributed by atoms with E-state index in [4.69, 9.17) is 21.1 Å². The number of fused-ring (bicyclic) bond motifs is 2. The number of halogens is 7. The molecule has 0 bridgehead atoms. The molecule has 2 atom stereocenters. The number of hydrogen-bond donors (Lipinski definition) is 2. The molecule has 1 aliphatic heterocycles. The van der Waals surface area contributed by atoms with Crippen molar-refractivity contribution in [2.75, 3.05) is 6.61 Å². The molecule has 7 nitrogen and oxygen atoms in total. The van der Waals surface area contributed by atoms with Crippen molar-refractivity contribution in [1.29, 1.82) is 0 Å². The quantitative estimate of drug-likeness (QED) is 0.164.